The Kier molecular flexibility index (Phi) is 3.89. The number of nitrogens with one attached hydrogen (secondary N) is 1. The van der Waals surface area contributed by atoms with Crippen LogP contribution in [0, 0.1) is 6.92 Å². The van der Waals surface area contributed by atoms with Crippen LogP contribution in [-0.4, -0.2) is 16.7 Å². The van der Waals surface area contributed by atoms with Crippen molar-refractivity contribution in [3.63, 3.8) is 0 Å². The number of hydrogen-bond donors (Lipinski definition) is 2. The highest BCUT2D eigenvalue weighted by Crippen LogP contribution is 2.10. The molecule has 0 spiro atoms. The summed E-state index contributed by atoms with van der Waals surface area (Å²) < 4.78 is 0. The highest BCUT2D eigenvalue weighted by Gasteiger charge is 2.21. The van der Waals surface area contributed by atoms with E-state index in [4.69, 9.17) is 0 Å². The van der Waals surface area contributed by atoms with Gasteiger partial charge in [0.05, 0.1) is 5.60 Å². The first-order chi connectivity index (χ1) is 6.91. The van der Waals surface area contributed by atoms with Gasteiger partial charge in [0.15, 0.2) is 0 Å². The second-order valence-electron chi connectivity index (χ2n) is 4.68. The molecule has 0 aliphatic carbocycles. The lowest BCUT2D eigenvalue weighted by Gasteiger charge is -2.27. The highest BCUT2D eigenvalue weighted by molar-refractivity contribution is 5.25. The first-order valence-electron chi connectivity index (χ1n) is 5.41. The fourth-order valence-electron chi connectivity index (χ4n) is 1.32. The van der Waals surface area contributed by atoms with E-state index in [2.05, 4.69) is 24.4 Å². The van der Waals surface area contributed by atoms with Gasteiger partial charge in [0.1, 0.15) is 0 Å². The summed E-state index contributed by atoms with van der Waals surface area (Å²) in [6.45, 7) is 8.55. The van der Waals surface area contributed by atoms with Gasteiger partial charge in [-0.2, -0.15) is 0 Å². The van der Waals surface area contributed by atoms with Gasteiger partial charge in [0.2, 0.25) is 0 Å². The monoisotopic (exact) mass is 207 g/mol. The SMILES string of the molecule is Cc1ccccc1CNC(C)C(C)(C)O. The second-order valence-corrected chi connectivity index (χ2v) is 4.68. The van der Waals surface area contributed by atoms with Crippen LogP contribution in [0.25, 0.3) is 0 Å². The molecule has 0 aliphatic rings. The van der Waals surface area contributed by atoms with Crippen molar-refractivity contribution >= 4 is 0 Å². The van der Waals surface area contributed by atoms with Crippen molar-refractivity contribution in [2.75, 3.05) is 0 Å². The van der Waals surface area contributed by atoms with Crippen molar-refractivity contribution < 1.29 is 5.11 Å². The molecule has 0 fully saturated rings. The Bertz CT molecular complexity index is 315. The van der Waals surface area contributed by atoms with Crippen molar-refractivity contribution in [1.29, 1.82) is 0 Å². The van der Waals surface area contributed by atoms with Crippen LogP contribution in [0.4, 0.5) is 0 Å². The molecule has 2 nitrogen and oxygen atoms in total. The number of benzene rings is 1. The highest BCUT2D eigenvalue weighted by atomic mass is 16.3. The molecule has 1 rings (SSSR count). The zero-order valence-electron chi connectivity index (χ0n) is 10.0. The summed E-state index contributed by atoms with van der Waals surface area (Å²) in [5, 5.41) is 13.1. The summed E-state index contributed by atoms with van der Waals surface area (Å²) in [5.74, 6) is 0. The molecule has 1 unspecified atom stereocenters. The van der Waals surface area contributed by atoms with E-state index < -0.39 is 5.60 Å². The minimum atomic E-state index is -0.678. The Morgan fingerprint density at radius 1 is 1.33 bits per heavy atom. The van der Waals surface area contributed by atoms with Gasteiger partial charge in [-0.25, -0.2) is 0 Å². The van der Waals surface area contributed by atoms with E-state index in [-0.39, 0.29) is 6.04 Å². The van der Waals surface area contributed by atoms with E-state index in [1.807, 2.05) is 32.9 Å². The minimum absolute atomic E-state index is 0.0807. The Morgan fingerprint density at radius 3 is 2.47 bits per heavy atom. The maximum absolute atomic E-state index is 9.77. The Hall–Kier alpha value is -0.860. The number of aryl methyl sites for hydroxylation is 1. The van der Waals surface area contributed by atoms with Gasteiger partial charge < -0.3 is 10.4 Å². The number of rotatable bonds is 4. The second kappa shape index (κ2) is 4.77. The first kappa shape index (κ1) is 12.2. The van der Waals surface area contributed by atoms with Crippen molar-refractivity contribution in [2.24, 2.45) is 0 Å². The van der Waals surface area contributed by atoms with Crippen molar-refractivity contribution in [2.45, 2.75) is 45.9 Å². The molecule has 84 valence electrons. The molecule has 1 aromatic rings. The van der Waals surface area contributed by atoms with Crippen LogP contribution in [-0.2, 0) is 6.54 Å². The fourth-order valence-corrected chi connectivity index (χ4v) is 1.32. The standard InChI is InChI=1S/C13H21NO/c1-10-7-5-6-8-12(10)9-14-11(2)13(3,4)15/h5-8,11,14-15H,9H2,1-4H3. The first-order valence-corrected chi connectivity index (χ1v) is 5.41. The molecule has 0 saturated heterocycles. The van der Waals surface area contributed by atoms with Crippen LogP contribution >= 0.6 is 0 Å². The van der Waals surface area contributed by atoms with E-state index in [0.717, 1.165) is 6.54 Å². The summed E-state index contributed by atoms with van der Waals surface area (Å²) >= 11 is 0. The summed E-state index contributed by atoms with van der Waals surface area (Å²) in [4.78, 5) is 0. The van der Waals surface area contributed by atoms with Gasteiger partial charge in [0.25, 0.3) is 0 Å². The van der Waals surface area contributed by atoms with Gasteiger partial charge in [-0.1, -0.05) is 24.3 Å². The molecule has 0 aromatic heterocycles. The van der Waals surface area contributed by atoms with Crippen LogP contribution in [0.15, 0.2) is 24.3 Å². The maximum Gasteiger partial charge on any atom is 0.0741 e. The topological polar surface area (TPSA) is 32.3 Å². The molecule has 0 aliphatic heterocycles. The minimum Gasteiger partial charge on any atom is -0.389 e. The van der Waals surface area contributed by atoms with E-state index in [1.54, 1.807) is 0 Å². The zero-order valence-corrected chi connectivity index (χ0v) is 10.0. The van der Waals surface area contributed by atoms with Gasteiger partial charge >= 0.3 is 0 Å². The molecule has 15 heavy (non-hydrogen) atoms. The van der Waals surface area contributed by atoms with Crippen LogP contribution in [0.2, 0.25) is 0 Å². The van der Waals surface area contributed by atoms with Gasteiger partial charge in [-0.15, -0.1) is 0 Å². The molecule has 0 radical (unpaired) electrons. The molecule has 2 heteroatoms. The van der Waals surface area contributed by atoms with Gasteiger partial charge in [-0.3, -0.25) is 0 Å². The smallest absolute Gasteiger partial charge is 0.0741 e. The Labute approximate surface area is 92.3 Å². The van der Waals surface area contributed by atoms with E-state index in [0.29, 0.717) is 0 Å². The molecular formula is C13H21NO. The normalized spacial score (nSPS) is 13.9. The van der Waals surface area contributed by atoms with Crippen LogP contribution < -0.4 is 5.32 Å². The van der Waals surface area contributed by atoms with E-state index in [1.165, 1.54) is 11.1 Å². The molecule has 1 atom stereocenters. The Morgan fingerprint density at radius 2 is 1.93 bits per heavy atom. The molecule has 0 heterocycles. The van der Waals surface area contributed by atoms with Gasteiger partial charge in [-0.05, 0) is 38.8 Å². The van der Waals surface area contributed by atoms with Gasteiger partial charge in [0, 0.05) is 12.6 Å². The summed E-state index contributed by atoms with van der Waals surface area (Å²) in [6, 6.07) is 8.37. The van der Waals surface area contributed by atoms with Crippen LogP contribution in [0.5, 0.6) is 0 Å². The Balaban J connectivity index is 2.55. The maximum atomic E-state index is 9.77. The molecular weight excluding hydrogens is 186 g/mol. The lowest BCUT2D eigenvalue weighted by Crippen LogP contribution is -2.44. The van der Waals surface area contributed by atoms with Crippen molar-refractivity contribution in [1.82, 2.24) is 5.32 Å². The third kappa shape index (κ3) is 3.65. The molecule has 0 saturated carbocycles. The largest absolute Gasteiger partial charge is 0.389 e. The van der Waals surface area contributed by atoms with Crippen LogP contribution in [0.1, 0.15) is 31.9 Å². The lowest BCUT2D eigenvalue weighted by atomic mass is 10.0. The summed E-state index contributed by atoms with van der Waals surface area (Å²) in [6.07, 6.45) is 0. The molecule has 0 bridgehead atoms. The van der Waals surface area contributed by atoms with Crippen molar-refractivity contribution in [3.8, 4) is 0 Å². The molecule has 0 amide bonds. The van der Waals surface area contributed by atoms with Crippen LogP contribution in [0.3, 0.4) is 0 Å². The molecule has 1 aromatic carbocycles. The third-order valence-electron chi connectivity index (χ3n) is 2.92. The predicted molar refractivity (Wildman–Crippen MR) is 63.8 cm³/mol. The fraction of sp³-hybridized carbons (Fsp3) is 0.538. The number of aliphatic hydroxyl groups is 1. The summed E-state index contributed by atoms with van der Waals surface area (Å²) in [5.41, 5.74) is 1.89. The predicted octanol–water partition coefficient (Wildman–Crippen LogP) is 2.24. The zero-order chi connectivity index (χ0) is 11.5. The quantitative estimate of drug-likeness (QED) is 0.793. The molecule has 2 N–H and O–H groups in total. The van der Waals surface area contributed by atoms with E-state index >= 15 is 0 Å². The lowest BCUT2D eigenvalue weighted by molar-refractivity contribution is 0.0437. The average Bonchev–Trinajstić information content (AvgIpc) is 2.14. The average molecular weight is 207 g/mol. The van der Waals surface area contributed by atoms with Crippen molar-refractivity contribution in [3.05, 3.63) is 35.4 Å². The summed E-state index contributed by atoms with van der Waals surface area (Å²) in [7, 11) is 0. The third-order valence-corrected chi connectivity index (χ3v) is 2.92. The van der Waals surface area contributed by atoms with E-state index in [9.17, 15) is 5.11 Å². The number of hydrogen-bond acceptors (Lipinski definition) is 2.